The summed E-state index contributed by atoms with van der Waals surface area (Å²) in [5, 5.41) is 0. The van der Waals surface area contributed by atoms with Crippen LogP contribution in [0.15, 0.2) is 36.4 Å². The molecule has 1 aliphatic heterocycles. The van der Waals surface area contributed by atoms with Crippen LogP contribution >= 0.6 is 0 Å². The quantitative estimate of drug-likeness (QED) is 0.617. The van der Waals surface area contributed by atoms with Crippen molar-refractivity contribution < 1.29 is 14.4 Å². The topological polar surface area (TPSA) is 57.7 Å². The number of nitrogens with zero attached hydrogens (tertiary/aromatic N) is 2. The molecule has 136 valence electrons. The van der Waals surface area contributed by atoms with Crippen molar-refractivity contribution in [2.75, 3.05) is 14.1 Å². The van der Waals surface area contributed by atoms with E-state index in [0.717, 1.165) is 17.5 Å². The van der Waals surface area contributed by atoms with Crippen molar-refractivity contribution in [3.63, 3.8) is 0 Å². The smallest absolute Gasteiger partial charge is 0.234 e. The van der Waals surface area contributed by atoms with Crippen LogP contribution in [0.1, 0.15) is 30.0 Å². The van der Waals surface area contributed by atoms with Crippen LogP contribution in [0.5, 0.6) is 0 Å². The summed E-state index contributed by atoms with van der Waals surface area (Å²) in [6.07, 6.45) is 5.21. The van der Waals surface area contributed by atoms with Crippen LogP contribution in [0.4, 0.5) is 0 Å². The minimum Gasteiger partial charge on any atom is -0.349 e. The van der Waals surface area contributed by atoms with Gasteiger partial charge in [-0.15, -0.1) is 0 Å². The van der Waals surface area contributed by atoms with Crippen LogP contribution in [0.3, 0.4) is 0 Å². The van der Waals surface area contributed by atoms with Crippen LogP contribution < -0.4 is 0 Å². The van der Waals surface area contributed by atoms with Crippen LogP contribution in [-0.4, -0.2) is 41.6 Å². The van der Waals surface area contributed by atoms with Gasteiger partial charge in [-0.2, -0.15) is 0 Å². The minimum atomic E-state index is -0.532. The lowest BCUT2D eigenvalue weighted by molar-refractivity contribution is -0.145. The number of rotatable bonds is 4. The Bertz CT molecular complexity index is 766. The number of imide groups is 1. The van der Waals surface area contributed by atoms with E-state index in [1.807, 2.05) is 31.2 Å². The standard InChI is InChI=1S/C21H24N2O3/c1-12-4-6-13(7-5-12)16(11-17(24)22(2)3)23-20(25)18-14-8-9-15(10-14)19(18)21(23)26/h4-9,14-16,18-19H,10-11H2,1-3H3. The van der Waals surface area contributed by atoms with Crippen molar-refractivity contribution in [3.8, 4) is 0 Å². The first-order valence-electron chi connectivity index (χ1n) is 9.20. The molecular weight excluding hydrogens is 328 g/mol. The number of aryl methyl sites for hydroxylation is 1. The molecule has 1 saturated heterocycles. The third-order valence-corrected chi connectivity index (χ3v) is 6.15. The lowest BCUT2D eigenvalue weighted by Gasteiger charge is -2.29. The van der Waals surface area contributed by atoms with E-state index in [1.165, 1.54) is 9.80 Å². The van der Waals surface area contributed by atoms with Crippen molar-refractivity contribution >= 4 is 17.7 Å². The molecule has 0 N–H and O–H groups in total. The van der Waals surface area contributed by atoms with Gasteiger partial charge in [-0.3, -0.25) is 19.3 Å². The van der Waals surface area contributed by atoms with E-state index >= 15 is 0 Å². The first-order chi connectivity index (χ1) is 12.4. The van der Waals surface area contributed by atoms with Gasteiger partial charge >= 0.3 is 0 Å². The van der Waals surface area contributed by atoms with Crippen molar-refractivity contribution in [2.45, 2.75) is 25.8 Å². The maximum absolute atomic E-state index is 13.2. The molecule has 5 unspecified atom stereocenters. The molecule has 5 atom stereocenters. The summed E-state index contributed by atoms with van der Waals surface area (Å²) < 4.78 is 0. The van der Waals surface area contributed by atoms with Crippen molar-refractivity contribution in [2.24, 2.45) is 23.7 Å². The molecule has 0 radical (unpaired) electrons. The van der Waals surface area contributed by atoms with E-state index in [4.69, 9.17) is 0 Å². The van der Waals surface area contributed by atoms with E-state index in [2.05, 4.69) is 12.2 Å². The highest BCUT2D eigenvalue weighted by Crippen LogP contribution is 2.54. The summed E-state index contributed by atoms with van der Waals surface area (Å²) in [7, 11) is 3.39. The van der Waals surface area contributed by atoms with Crippen molar-refractivity contribution in [1.29, 1.82) is 0 Å². The Morgan fingerprint density at radius 3 is 2.12 bits per heavy atom. The summed E-state index contributed by atoms with van der Waals surface area (Å²) >= 11 is 0. The molecule has 1 aromatic rings. The molecule has 2 aliphatic carbocycles. The van der Waals surface area contributed by atoms with E-state index in [0.29, 0.717) is 0 Å². The third kappa shape index (κ3) is 2.49. The highest BCUT2D eigenvalue weighted by Gasteiger charge is 2.60. The van der Waals surface area contributed by atoms with Gasteiger partial charge in [0.05, 0.1) is 24.3 Å². The molecule has 4 rings (SSSR count). The number of hydrogen-bond donors (Lipinski definition) is 0. The number of likely N-dealkylation sites (tertiary alicyclic amines) is 1. The Kier molecular flexibility index (Phi) is 3.98. The van der Waals surface area contributed by atoms with Gasteiger partial charge in [0.2, 0.25) is 17.7 Å². The van der Waals surface area contributed by atoms with Gasteiger partial charge in [0.15, 0.2) is 0 Å². The Morgan fingerprint density at radius 2 is 1.62 bits per heavy atom. The Labute approximate surface area is 153 Å². The fraction of sp³-hybridized carbons (Fsp3) is 0.476. The Hall–Kier alpha value is -2.43. The molecule has 2 bridgehead atoms. The second kappa shape index (κ2) is 6.08. The zero-order valence-corrected chi connectivity index (χ0v) is 15.4. The molecule has 26 heavy (non-hydrogen) atoms. The monoisotopic (exact) mass is 352 g/mol. The normalized spacial score (nSPS) is 30.0. The van der Waals surface area contributed by atoms with Crippen LogP contribution in [0, 0.1) is 30.6 Å². The average Bonchev–Trinajstić information content (AvgIpc) is 3.28. The zero-order chi connectivity index (χ0) is 18.6. The second-order valence-electron chi connectivity index (χ2n) is 7.97. The largest absolute Gasteiger partial charge is 0.349 e. The van der Waals surface area contributed by atoms with Gasteiger partial charge in [0.25, 0.3) is 0 Å². The summed E-state index contributed by atoms with van der Waals surface area (Å²) in [4.78, 5) is 41.7. The first kappa shape index (κ1) is 17.0. The zero-order valence-electron chi connectivity index (χ0n) is 15.4. The van der Waals surface area contributed by atoms with Crippen LogP contribution in [0.25, 0.3) is 0 Å². The average molecular weight is 352 g/mol. The molecule has 0 aromatic heterocycles. The lowest BCUT2D eigenvalue weighted by Crippen LogP contribution is -2.39. The van der Waals surface area contributed by atoms with Crippen LogP contribution in [0.2, 0.25) is 0 Å². The van der Waals surface area contributed by atoms with Gasteiger partial charge < -0.3 is 4.90 Å². The fourth-order valence-electron chi connectivity index (χ4n) is 4.73. The van der Waals surface area contributed by atoms with E-state index < -0.39 is 6.04 Å². The maximum atomic E-state index is 13.2. The minimum absolute atomic E-state index is 0.0886. The number of allylic oxidation sites excluding steroid dienone is 2. The molecule has 1 aromatic carbocycles. The van der Waals surface area contributed by atoms with Crippen LogP contribution in [-0.2, 0) is 14.4 Å². The summed E-state index contributed by atoms with van der Waals surface area (Å²) in [5.41, 5.74) is 1.94. The van der Waals surface area contributed by atoms with E-state index in [9.17, 15) is 14.4 Å². The second-order valence-corrected chi connectivity index (χ2v) is 7.97. The lowest BCUT2D eigenvalue weighted by atomic mass is 9.85. The Balaban J connectivity index is 1.70. The number of benzene rings is 1. The molecule has 0 spiro atoms. The molecular formula is C21H24N2O3. The molecule has 3 amide bonds. The highest BCUT2D eigenvalue weighted by atomic mass is 16.2. The molecule has 1 heterocycles. The molecule has 2 fully saturated rings. The SMILES string of the molecule is Cc1ccc(C(CC(=O)N(C)C)N2C(=O)C3C4C=CC(C4)C3C2=O)cc1. The first-order valence-corrected chi connectivity index (χ1v) is 9.20. The Morgan fingerprint density at radius 1 is 1.08 bits per heavy atom. The number of carbonyl (C=O) groups excluding carboxylic acids is 3. The van der Waals surface area contributed by atoms with Gasteiger partial charge in [0.1, 0.15) is 0 Å². The van der Waals surface area contributed by atoms with Crippen molar-refractivity contribution in [1.82, 2.24) is 9.80 Å². The molecule has 3 aliphatic rings. The van der Waals surface area contributed by atoms with Crippen molar-refractivity contribution in [3.05, 3.63) is 47.5 Å². The predicted octanol–water partition coefficient (Wildman–Crippen LogP) is 2.32. The molecule has 5 heteroatoms. The summed E-state index contributed by atoms with van der Waals surface area (Å²) in [6.45, 7) is 1.99. The highest BCUT2D eigenvalue weighted by molar-refractivity contribution is 6.07. The molecule has 1 saturated carbocycles. The van der Waals surface area contributed by atoms with E-state index in [-0.39, 0.29) is 47.8 Å². The molecule has 5 nitrogen and oxygen atoms in total. The van der Waals surface area contributed by atoms with Gasteiger partial charge in [-0.1, -0.05) is 42.0 Å². The maximum Gasteiger partial charge on any atom is 0.234 e. The third-order valence-electron chi connectivity index (χ3n) is 6.15. The van der Waals surface area contributed by atoms with E-state index in [1.54, 1.807) is 14.1 Å². The summed E-state index contributed by atoms with van der Waals surface area (Å²) in [6, 6.07) is 7.23. The number of hydrogen-bond acceptors (Lipinski definition) is 3. The fourth-order valence-corrected chi connectivity index (χ4v) is 4.73. The number of carbonyl (C=O) groups is 3. The number of amides is 3. The predicted molar refractivity (Wildman–Crippen MR) is 96.8 cm³/mol. The summed E-state index contributed by atoms with van der Waals surface area (Å²) in [5.74, 6) is -0.415. The van der Waals surface area contributed by atoms with Gasteiger partial charge in [0, 0.05) is 14.1 Å². The van der Waals surface area contributed by atoms with Gasteiger partial charge in [-0.05, 0) is 30.7 Å². The van der Waals surface area contributed by atoms with Gasteiger partial charge in [-0.25, -0.2) is 0 Å². The number of fused-ring (bicyclic) bond motifs is 5.